The van der Waals surface area contributed by atoms with Gasteiger partial charge in [0.05, 0.1) is 19.3 Å². The van der Waals surface area contributed by atoms with Gasteiger partial charge in [0.25, 0.3) is 0 Å². The van der Waals surface area contributed by atoms with E-state index >= 15 is 0 Å². The zero-order valence-corrected chi connectivity index (χ0v) is 71.3. The number of likely N-dealkylation sites (tertiary alicyclic amines) is 2. The van der Waals surface area contributed by atoms with Gasteiger partial charge in [-0.1, -0.05) is 0 Å². The van der Waals surface area contributed by atoms with Gasteiger partial charge in [-0.05, 0) is 155 Å². The molecular weight excluding hydrogens is 1670 g/mol. The topological polar surface area (TPSA) is 961 Å². The Labute approximate surface area is 733 Å². The highest BCUT2D eigenvalue weighted by Gasteiger charge is 2.43. The first-order valence-corrected chi connectivity index (χ1v) is 41.7. The average Bonchev–Trinajstić information content (AvgIpc) is 1.70. The van der Waals surface area contributed by atoms with Crippen molar-refractivity contribution in [1.29, 1.82) is 37.9 Å². The SMILES string of the molecule is C[C@H](NC(=O)[C@H](CCC(=O)O)NC(=O)[C@@H]1CCCN1C(=O)[C@H](CCCCN)NC(=O)[C@H](CCCNC(=N)N)NC(=O)[C@H](CO)NC(=O)[C@H](CCCNC(=N)N)NC(=O)[C@H](CCCNC(=N)N)NC(=O)[C@@H](N)CCCNC(=N)N)C(=O)N1CCC[C@H]1C(=O)N[C@@H](CCCNC(=N)N)C(=O)N[C@@H](CCCNC(=N)N)C(=O)N[C@@H](CCCNC(=N)N)C(=O)N[C@@H](CO)C(=O)O. The molecule has 13 amide bonds. The standard InChI is InChI=1S/C72H134N36O19/c1-37(63(124)107-33-11-21-49(107)61(122)102-44(20-10-32-95-72(87)88)56(117)98-40(16-6-28-91-68(79)80)55(116)100-43(19-9-31-94-71(85)86)59(120)106-48(36-110)65(126)127)96-53(114)45(23-24-51(111)112)103-62(123)50-22-12-34-108(50)64(125)46(14-2-3-25-73)104-57(118)41(17-7-29-92-69(81)82)101-60(121)47(35-109)105-58(119)42(18-8-30-93-70(83)84)99-54(115)39(15-5-27-90-67(77)78)97-52(113)38(74)13-4-26-89-66(75)76/h37-50,109-110H,2-36,73-74H2,1H3,(H,96,114)(H,97,113)(H,98,117)(H,99,115)(H,100,116)(H,101,121)(H,102,122)(H,103,123)(H,104,118)(H,105,119)(H,106,120)(H,111,112)(H,126,127)(H4,75,76,89)(H4,77,78,90)(H4,79,80,91)(H4,81,82,92)(H4,83,84,93)(H4,85,86,94)(H4,87,88,95)/t37-,38-,39-,40-,41-,42-,43-,44-,45-,46-,47-,48-,49-,50-/m0/s1. The van der Waals surface area contributed by atoms with Gasteiger partial charge in [-0.3, -0.25) is 105 Å². The van der Waals surface area contributed by atoms with Crippen LogP contribution in [0.1, 0.15) is 155 Å². The third-order valence-corrected chi connectivity index (χ3v) is 19.9. The fourth-order valence-electron chi connectivity index (χ4n) is 13.3. The third kappa shape index (κ3) is 43.8. The molecule has 2 heterocycles. The Kier molecular flexibility index (Phi) is 51.5. The number of aliphatic hydroxyl groups excluding tert-OH is 2. The molecule has 0 aliphatic carbocycles. The van der Waals surface area contributed by atoms with Crippen LogP contribution >= 0.6 is 0 Å². The van der Waals surface area contributed by atoms with E-state index in [4.69, 9.17) is 89.5 Å². The van der Waals surface area contributed by atoms with Crippen LogP contribution in [-0.2, 0) is 71.9 Å². The van der Waals surface area contributed by atoms with Gasteiger partial charge >= 0.3 is 11.9 Å². The quantitative estimate of drug-likeness (QED) is 0.0153. The highest BCUT2D eigenvalue weighted by atomic mass is 16.4. The number of unbranched alkanes of at least 4 members (excludes halogenated alkanes) is 1. The number of aliphatic hydroxyl groups is 2. The highest BCUT2D eigenvalue weighted by Crippen LogP contribution is 2.23. The van der Waals surface area contributed by atoms with Crippen molar-refractivity contribution in [2.24, 2.45) is 51.6 Å². The van der Waals surface area contributed by atoms with Crippen LogP contribution in [0.4, 0.5) is 0 Å². The lowest BCUT2D eigenvalue weighted by atomic mass is 10.0. The second-order valence-corrected chi connectivity index (χ2v) is 30.1. The maximum Gasteiger partial charge on any atom is 0.328 e. The molecule has 0 saturated carbocycles. The zero-order chi connectivity index (χ0) is 95.4. The van der Waals surface area contributed by atoms with Crippen molar-refractivity contribution >= 4 is 130 Å². The molecule has 2 fully saturated rings. The summed E-state index contributed by atoms with van der Waals surface area (Å²) >= 11 is 0. The van der Waals surface area contributed by atoms with E-state index in [1.165, 1.54) is 6.92 Å². The normalized spacial score (nSPS) is 16.1. The molecule has 2 saturated heterocycles. The molecule has 127 heavy (non-hydrogen) atoms. The first-order valence-electron chi connectivity index (χ1n) is 41.7. The smallest absolute Gasteiger partial charge is 0.328 e. The first kappa shape index (κ1) is 110. The maximum atomic E-state index is 15.0. The summed E-state index contributed by atoms with van der Waals surface area (Å²) < 4.78 is 0. The average molecular weight is 1810 g/mol. The molecular formula is C72H134N36O19. The van der Waals surface area contributed by atoms with Gasteiger partial charge in [-0.15, -0.1) is 0 Å². The van der Waals surface area contributed by atoms with Crippen LogP contribution in [0.25, 0.3) is 0 Å². The van der Waals surface area contributed by atoms with Crippen molar-refractivity contribution in [3.05, 3.63) is 0 Å². The molecule has 0 aromatic rings. The van der Waals surface area contributed by atoms with Gasteiger partial charge in [0, 0.05) is 65.3 Å². The monoisotopic (exact) mass is 1810 g/mol. The lowest BCUT2D eigenvalue weighted by molar-refractivity contribution is -0.144. The van der Waals surface area contributed by atoms with Gasteiger partial charge in [0.2, 0.25) is 76.8 Å². The molecule has 0 bridgehead atoms. The van der Waals surface area contributed by atoms with Crippen molar-refractivity contribution < 1.29 is 92.3 Å². The number of hydrogen-bond acceptors (Lipinski definition) is 26. The fraction of sp³-hybridized carbons (Fsp3) is 0.694. The van der Waals surface area contributed by atoms with E-state index in [1.54, 1.807) is 0 Å². The molecule has 14 atom stereocenters. The minimum absolute atomic E-state index is 0.00112. The van der Waals surface area contributed by atoms with E-state index in [1.807, 2.05) is 0 Å². The number of hydrogen-bond donors (Lipinski definition) is 38. The molecule has 0 spiro atoms. The molecule has 2 rings (SSSR count). The molecule has 0 aromatic carbocycles. The minimum atomic E-state index is -1.87. The minimum Gasteiger partial charge on any atom is -0.481 e. The van der Waals surface area contributed by atoms with Crippen molar-refractivity contribution in [2.45, 2.75) is 239 Å². The van der Waals surface area contributed by atoms with Crippen LogP contribution in [0.3, 0.4) is 0 Å². The van der Waals surface area contributed by atoms with E-state index in [9.17, 15) is 92.3 Å². The summed E-state index contributed by atoms with van der Waals surface area (Å²) in [6.07, 6.45) is -0.997. The molecule has 55 nitrogen and oxygen atoms in total. The van der Waals surface area contributed by atoms with Crippen molar-refractivity contribution in [3.8, 4) is 0 Å². The molecule has 0 aromatic heterocycles. The van der Waals surface area contributed by atoms with Gasteiger partial charge in [-0.2, -0.15) is 0 Å². The van der Waals surface area contributed by atoms with Crippen LogP contribution in [0, 0.1) is 37.9 Å². The number of guanidine groups is 7. The Balaban J connectivity index is 2.52. The largest absolute Gasteiger partial charge is 0.481 e. The van der Waals surface area contributed by atoms with E-state index in [-0.39, 0.29) is 199 Å². The molecule has 0 unspecified atom stereocenters. The Morgan fingerprint density at radius 1 is 0.331 bits per heavy atom. The van der Waals surface area contributed by atoms with Crippen LogP contribution < -0.4 is 147 Å². The number of nitrogens with two attached hydrogens (primary N) is 9. The van der Waals surface area contributed by atoms with Gasteiger partial charge in [0.15, 0.2) is 41.7 Å². The second-order valence-electron chi connectivity index (χ2n) is 30.1. The Morgan fingerprint density at radius 3 is 0.898 bits per heavy atom. The number of nitrogens with zero attached hydrogens (tertiary/aromatic N) is 2. The number of amides is 13. The molecule has 0 radical (unpaired) electrons. The third-order valence-electron chi connectivity index (χ3n) is 19.9. The van der Waals surface area contributed by atoms with Crippen molar-refractivity contribution in [3.63, 3.8) is 0 Å². The Bertz CT molecular complexity index is 3750. The second kappa shape index (κ2) is 59.6. The lowest BCUT2D eigenvalue weighted by Crippen LogP contribution is -2.61. The summed E-state index contributed by atoms with van der Waals surface area (Å²) in [5, 5.41) is 138. The lowest BCUT2D eigenvalue weighted by Gasteiger charge is -2.31. The maximum absolute atomic E-state index is 15.0. The number of aliphatic carboxylic acids is 2. The molecule has 2 aliphatic heterocycles. The van der Waals surface area contributed by atoms with E-state index < -0.39 is 229 Å². The zero-order valence-electron chi connectivity index (χ0n) is 71.3. The number of carboxylic acids is 2. The number of rotatable bonds is 62. The molecule has 2 aliphatic rings. The first-order chi connectivity index (χ1) is 60.0. The predicted octanol–water partition coefficient (Wildman–Crippen LogP) is -13.4. The van der Waals surface area contributed by atoms with Crippen LogP contribution in [0.5, 0.6) is 0 Å². The summed E-state index contributed by atoms with van der Waals surface area (Å²) in [4.78, 5) is 212. The van der Waals surface area contributed by atoms with E-state index in [2.05, 4.69) is 95.7 Å². The van der Waals surface area contributed by atoms with Gasteiger partial charge in [-0.25, -0.2) is 4.79 Å². The van der Waals surface area contributed by atoms with Crippen molar-refractivity contribution in [2.75, 3.05) is 78.7 Å². The van der Waals surface area contributed by atoms with Crippen LogP contribution in [-0.4, -0.2) is 324 Å². The predicted molar refractivity (Wildman–Crippen MR) is 460 cm³/mol. The van der Waals surface area contributed by atoms with Crippen LogP contribution in [0.15, 0.2) is 0 Å². The Morgan fingerprint density at radius 2 is 0.591 bits per heavy atom. The summed E-state index contributed by atoms with van der Waals surface area (Å²) in [7, 11) is 0. The summed E-state index contributed by atoms with van der Waals surface area (Å²) in [6, 6.07) is -21.3. The Hall–Kier alpha value is -13.2. The summed E-state index contributed by atoms with van der Waals surface area (Å²) in [5.41, 5.74) is 50.1. The van der Waals surface area contributed by atoms with E-state index in [0.29, 0.717) is 12.8 Å². The highest BCUT2D eigenvalue weighted by molar-refractivity contribution is 6.01. The number of carboxylic acid groups (broad SMARTS) is 2. The fourth-order valence-corrected chi connectivity index (χ4v) is 13.3. The van der Waals surface area contributed by atoms with Gasteiger partial charge < -0.3 is 178 Å². The van der Waals surface area contributed by atoms with Gasteiger partial charge in [0.1, 0.15) is 78.5 Å². The summed E-state index contributed by atoms with van der Waals surface area (Å²) in [6.45, 7) is -0.715. The molecule has 55 heteroatoms. The number of carbonyl (C=O) groups is 15. The molecule has 47 N–H and O–H groups in total. The van der Waals surface area contributed by atoms with Crippen molar-refractivity contribution in [1.82, 2.24) is 106 Å². The summed E-state index contributed by atoms with van der Waals surface area (Å²) in [5.74, 6) is -18.4. The number of carbonyl (C=O) groups excluding carboxylic acids is 13. The van der Waals surface area contributed by atoms with E-state index in [0.717, 1.165) is 9.80 Å². The van der Waals surface area contributed by atoms with Crippen LogP contribution in [0.2, 0.25) is 0 Å². The number of nitrogens with one attached hydrogen (secondary N) is 25. The molecule has 716 valence electrons.